The Labute approximate surface area is 133 Å². The predicted molar refractivity (Wildman–Crippen MR) is 87.5 cm³/mol. The normalized spacial score (nSPS) is 9.86. The molecule has 0 saturated heterocycles. The van der Waals surface area contributed by atoms with Gasteiger partial charge in [-0.2, -0.15) is 0 Å². The van der Waals surface area contributed by atoms with Crippen molar-refractivity contribution in [2.75, 3.05) is 13.6 Å². The summed E-state index contributed by atoms with van der Waals surface area (Å²) in [6.45, 7) is 0.807. The molecular weight excluding hydrogens is 304 g/mol. The molecule has 2 rings (SSSR count). The van der Waals surface area contributed by atoms with E-state index >= 15 is 0 Å². The Hall–Kier alpha value is -1.80. The second-order valence-electron chi connectivity index (χ2n) is 4.46. The topological polar surface area (TPSA) is 46.3 Å². The summed E-state index contributed by atoms with van der Waals surface area (Å²) in [5, 5.41) is 2.55. The summed E-state index contributed by atoms with van der Waals surface area (Å²) in [6.07, 6.45) is 0. The van der Waals surface area contributed by atoms with Crippen LogP contribution in [0.25, 0.3) is 0 Å². The first-order chi connectivity index (χ1) is 10.1. The molecule has 0 fully saturated rings. The van der Waals surface area contributed by atoms with Crippen LogP contribution in [0, 0.1) is 11.8 Å². The Balaban J connectivity index is 2.12. The van der Waals surface area contributed by atoms with Gasteiger partial charge in [0.05, 0.1) is 6.54 Å². The van der Waals surface area contributed by atoms with Crippen molar-refractivity contribution in [1.82, 2.24) is 4.90 Å². The highest BCUT2D eigenvalue weighted by Gasteiger charge is 2.16. The van der Waals surface area contributed by atoms with Crippen LogP contribution in [0.1, 0.15) is 20.8 Å². The number of amides is 1. The molecule has 1 heterocycles. The minimum absolute atomic E-state index is 0.0405. The highest BCUT2D eigenvalue weighted by molar-refractivity contribution is 7.12. The standard InChI is InChI=1S/C16H15ClN2OS/c1-19(11-12-4-6-14(17)7-5-12)16(20)15-13(3-2-9-18)8-10-21-15/h4-8,10H,9,11,18H2,1H3. The SMILES string of the molecule is CN(Cc1ccc(Cl)cc1)C(=O)c1sccc1C#CCN. The van der Waals surface area contributed by atoms with Crippen LogP contribution in [0.3, 0.4) is 0 Å². The van der Waals surface area contributed by atoms with Gasteiger partial charge in [-0.15, -0.1) is 11.3 Å². The van der Waals surface area contributed by atoms with E-state index < -0.39 is 0 Å². The number of hydrogen-bond donors (Lipinski definition) is 1. The molecule has 1 amide bonds. The minimum atomic E-state index is -0.0405. The fraction of sp³-hybridized carbons (Fsp3) is 0.188. The van der Waals surface area contributed by atoms with Crippen molar-refractivity contribution >= 4 is 28.8 Å². The third-order valence-electron chi connectivity index (χ3n) is 2.86. The zero-order valence-electron chi connectivity index (χ0n) is 11.6. The molecule has 1 aromatic heterocycles. The quantitative estimate of drug-likeness (QED) is 0.884. The number of nitrogens with two attached hydrogens (primary N) is 1. The number of carbonyl (C=O) groups is 1. The van der Waals surface area contributed by atoms with Crippen LogP contribution < -0.4 is 5.73 Å². The number of nitrogens with zero attached hydrogens (tertiary/aromatic N) is 1. The zero-order chi connectivity index (χ0) is 15.2. The maximum absolute atomic E-state index is 12.5. The Morgan fingerprint density at radius 3 is 2.71 bits per heavy atom. The van der Waals surface area contributed by atoms with Gasteiger partial charge in [-0.05, 0) is 29.1 Å². The van der Waals surface area contributed by atoms with Crippen molar-refractivity contribution in [1.29, 1.82) is 0 Å². The molecule has 2 aromatic rings. The maximum atomic E-state index is 12.5. The summed E-state index contributed by atoms with van der Waals surface area (Å²) in [5.41, 5.74) is 7.13. The van der Waals surface area contributed by atoms with Crippen molar-refractivity contribution in [3.05, 3.63) is 56.7 Å². The van der Waals surface area contributed by atoms with Gasteiger partial charge in [-0.25, -0.2) is 0 Å². The van der Waals surface area contributed by atoms with Gasteiger partial charge >= 0.3 is 0 Å². The number of rotatable bonds is 3. The van der Waals surface area contributed by atoms with Gasteiger partial charge in [0.15, 0.2) is 0 Å². The lowest BCUT2D eigenvalue weighted by molar-refractivity contribution is 0.0789. The van der Waals surface area contributed by atoms with Crippen molar-refractivity contribution in [3.8, 4) is 11.8 Å². The van der Waals surface area contributed by atoms with Crippen molar-refractivity contribution in [2.24, 2.45) is 5.73 Å². The second kappa shape index (κ2) is 7.28. The van der Waals surface area contributed by atoms with Gasteiger partial charge in [-0.3, -0.25) is 4.79 Å². The van der Waals surface area contributed by atoms with Crippen LogP contribution in [0.2, 0.25) is 5.02 Å². The van der Waals surface area contributed by atoms with Crippen LogP contribution in [0.4, 0.5) is 0 Å². The molecule has 5 heteroatoms. The summed E-state index contributed by atoms with van der Waals surface area (Å²) in [6, 6.07) is 9.30. The molecule has 0 radical (unpaired) electrons. The van der Waals surface area contributed by atoms with E-state index in [9.17, 15) is 4.79 Å². The van der Waals surface area contributed by atoms with Crippen LogP contribution in [-0.4, -0.2) is 24.4 Å². The molecule has 2 N–H and O–H groups in total. The number of thiophene rings is 1. The van der Waals surface area contributed by atoms with E-state index in [2.05, 4.69) is 11.8 Å². The van der Waals surface area contributed by atoms with Crippen molar-refractivity contribution in [3.63, 3.8) is 0 Å². The molecule has 108 valence electrons. The molecule has 0 aliphatic carbocycles. The van der Waals surface area contributed by atoms with Crippen LogP contribution in [0.15, 0.2) is 35.7 Å². The monoisotopic (exact) mass is 318 g/mol. The summed E-state index contributed by atoms with van der Waals surface area (Å²) in [4.78, 5) is 14.8. The molecule has 0 aliphatic heterocycles. The first-order valence-corrected chi connectivity index (χ1v) is 7.64. The van der Waals surface area contributed by atoms with E-state index in [0.717, 1.165) is 11.1 Å². The molecule has 21 heavy (non-hydrogen) atoms. The average Bonchev–Trinajstić information content (AvgIpc) is 2.95. The fourth-order valence-corrected chi connectivity index (χ4v) is 2.80. The summed E-state index contributed by atoms with van der Waals surface area (Å²) < 4.78 is 0. The van der Waals surface area contributed by atoms with Gasteiger partial charge in [-0.1, -0.05) is 35.6 Å². The smallest absolute Gasteiger partial charge is 0.265 e. The number of hydrogen-bond acceptors (Lipinski definition) is 3. The van der Waals surface area contributed by atoms with Crippen LogP contribution in [-0.2, 0) is 6.54 Å². The van der Waals surface area contributed by atoms with E-state index in [4.69, 9.17) is 17.3 Å². The first kappa shape index (κ1) is 15.6. The lowest BCUT2D eigenvalue weighted by Gasteiger charge is -2.16. The van der Waals surface area contributed by atoms with Gasteiger partial charge in [0.25, 0.3) is 5.91 Å². The van der Waals surface area contributed by atoms with Gasteiger partial charge in [0, 0.05) is 24.2 Å². The van der Waals surface area contributed by atoms with E-state index in [-0.39, 0.29) is 12.5 Å². The Morgan fingerprint density at radius 2 is 2.05 bits per heavy atom. The molecule has 0 bridgehead atoms. The van der Waals surface area contributed by atoms with Crippen molar-refractivity contribution in [2.45, 2.75) is 6.54 Å². The number of halogens is 1. The third kappa shape index (κ3) is 4.08. The van der Waals surface area contributed by atoms with E-state index in [1.165, 1.54) is 11.3 Å². The average molecular weight is 319 g/mol. The molecule has 1 aromatic carbocycles. The molecule has 3 nitrogen and oxygen atoms in total. The number of benzene rings is 1. The van der Waals surface area contributed by atoms with Crippen LogP contribution in [0.5, 0.6) is 0 Å². The summed E-state index contributed by atoms with van der Waals surface area (Å²) >= 11 is 7.25. The van der Waals surface area contributed by atoms with E-state index in [0.29, 0.717) is 16.4 Å². The largest absolute Gasteiger partial charge is 0.337 e. The molecular formula is C16H15ClN2OS. The van der Waals surface area contributed by atoms with E-state index in [1.54, 1.807) is 11.9 Å². The molecule has 0 aliphatic rings. The molecule has 0 saturated carbocycles. The van der Waals surface area contributed by atoms with Gasteiger partial charge in [0.1, 0.15) is 4.88 Å². The summed E-state index contributed by atoms with van der Waals surface area (Å²) in [7, 11) is 1.77. The van der Waals surface area contributed by atoms with Gasteiger partial charge in [0.2, 0.25) is 0 Å². The highest BCUT2D eigenvalue weighted by Crippen LogP contribution is 2.19. The van der Waals surface area contributed by atoms with Crippen molar-refractivity contribution < 1.29 is 4.79 Å². The Kier molecular flexibility index (Phi) is 5.40. The van der Waals surface area contributed by atoms with Gasteiger partial charge < -0.3 is 10.6 Å². The minimum Gasteiger partial charge on any atom is -0.337 e. The maximum Gasteiger partial charge on any atom is 0.265 e. The highest BCUT2D eigenvalue weighted by atomic mass is 35.5. The lowest BCUT2D eigenvalue weighted by Crippen LogP contribution is -2.26. The predicted octanol–water partition coefficient (Wildman–Crippen LogP) is 2.98. The third-order valence-corrected chi connectivity index (χ3v) is 4.02. The summed E-state index contributed by atoms with van der Waals surface area (Å²) in [5.74, 6) is 5.67. The lowest BCUT2D eigenvalue weighted by atomic mass is 10.2. The number of carbonyl (C=O) groups excluding carboxylic acids is 1. The molecule has 0 spiro atoms. The van der Waals surface area contributed by atoms with Crippen LogP contribution >= 0.6 is 22.9 Å². The zero-order valence-corrected chi connectivity index (χ0v) is 13.2. The molecule has 0 atom stereocenters. The second-order valence-corrected chi connectivity index (χ2v) is 5.81. The Bertz CT molecular complexity index is 682. The van der Waals surface area contributed by atoms with E-state index in [1.807, 2.05) is 35.7 Å². The fourth-order valence-electron chi connectivity index (χ4n) is 1.83. The molecule has 0 unspecified atom stereocenters. The Morgan fingerprint density at radius 1 is 1.33 bits per heavy atom. The first-order valence-electron chi connectivity index (χ1n) is 6.38.